The van der Waals surface area contributed by atoms with Crippen LogP contribution in [0.1, 0.15) is 26.7 Å². The highest BCUT2D eigenvalue weighted by Gasteiger charge is 2.25. The zero-order chi connectivity index (χ0) is 23.6. The molecule has 33 heavy (non-hydrogen) atoms. The predicted octanol–water partition coefficient (Wildman–Crippen LogP) is 4.36. The van der Waals surface area contributed by atoms with Gasteiger partial charge in [0.1, 0.15) is 17.4 Å². The minimum absolute atomic E-state index is 0.00193. The zero-order valence-electron chi connectivity index (χ0n) is 18.8. The predicted molar refractivity (Wildman–Crippen MR) is 124 cm³/mol. The summed E-state index contributed by atoms with van der Waals surface area (Å²) in [5, 5.41) is 3.09. The number of rotatable bonds is 6. The summed E-state index contributed by atoms with van der Waals surface area (Å²) in [6, 6.07) is 12.3. The Morgan fingerprint density at radius 1 is 1.18 bits per heavy atom. The maximum Gasteiger partial charge on any atom is 0.410 e. The van der Waals surface area contributed by atoms with Crippen LogP contribution in [0.3, 0.4) is 0 Å². The molecule has 1 aliphatic rings. The Kier molecular flexibility index (Phi) is 6.46. The van der Waals surface area contributed by atoms with Gasteiger partial charge in [-0.2, -0.15) is 4.98 Å². The van der Waals surface area contributed by atoms with Crippen molar-refractivity contribution in [3.8, 4) is 5.75 Å². The standard InChI is InChI=1S/C23H27N3O6S/c1-15(2)30-23(27)26-11-9-17(10-12-26)31-18-6-4-5-16(13-18)24-22-25-20-14-19(33(3,28)29)7-8-21(20)32-22/h4-8,13-15,17H,9-12H2,1-3H3,(H,24,25). The van der Waals surface area contributed by atoms with Crippen molar-refractivity contribution in [2.75, 3.05) is 24.7 Å². The first-order valence-corrected chi connectivity index (χ1v) is 12.7. The van der Waals surface area contributed by atoms with Crippen LogP contribution in [0.4, 0.5) is 16.5 Å². The van der Waals surface area contributed by atoms with Crippen LogP contribution in [0.2, 0.25) is 0 Å². The molecule has 0 aliphatic carbocycles. The first kappa shape index (κ1) is 22.9. The molecule has 1 N–H and O–H groups in total. The second-order valence-corrected chi connectivity index (χ2v) is 10.3. The third-order valence-electron chi connectivity index (χ3n) is 5.21. The van der Waals surface area contributed by atoms with E-state index in [0.29, 0.717) is 29.9 Å². The third-order valence-corrected chi connectivity index (χ3v) is 6.32. The zero-order valence-corrected chi connectivity index (χ0v) is 19.6. The topological polar surface area (TPSA) is 111 Å². The van der Waals surface area contributed by atoms with E-state index in [4.69, 9.17) is 13.9 Å². The molecule has 0 bridgehead atoms. The number of sulfone groups is 1. The molecule has 2 aromatic carbocycles. The van der Waals surface area contributed by atoms with Gasteiger partial charge < -0.3 is 24.1 Å². The lowest BCUT2D eigenvalue weighted by Gasteiger charge is -2.32. The van der Waals surface area contributed by atoms with Crippen LogP contribution >= 0.6 is 0 Å². The summed E-state index contributed by atoms with van der Waals surface area (Å²) in [7, 11) is -3.32. The average molecular weight is 474 g/mol. The average Bonchev–Trinajstić information content (AvgIpc) is 3.15. The highest BCUT2D eigenvalue weighted by atomic mass is 32.2. The van der Waals surface area contributed by atoms with Crippen LogP contribution in [0.15, 0.2) is 51.8 Å². The number of carbonyl (C=O) groups is 1. The Morgan fingerprint density at radius 2 is 1.94 bits per heavy atom. The fourth-order valence-electron chi connectivity index (χ4n) is 3.59. The van der Waals surface area contributed by atoms with Crippen LogP contribution in [-0.2, 0) is 14.6 Å². The van der Waals surface area contributed by atoms with Gasteiger partial charge in [0.25, 0.3) is 6.01 Å². The summed E-state index contributed by atoms with van der Waals surface area (Å²) in [4.78, 5) is 18.3. The second-order valence-electron chi connectivity index (χ2n) is 8.31. The maximum absolute atomic E-state index is 12.0. The van der Waals surface area contributed by atoms with E-state index in [0.717, 1.165) is 24.8 Å². The minimum Gasteiger partial charge on any atom is -0.490 e. The highest BCUT2D eigenvalue weighted by molar-refractivity contribution is 7.90. The van der Waals surface area contributed by atoms with Crippen molar-refractivity contribution in [3.63, 3.8) is 0 Å². The summed E-state index contributed by atoms with van der Waals surface area (Å²) in [6.07, 6.45) is 2.18. The van der Waals surface area contributed by atoms with E-state index >= 15 is 0 Å². The number of anilines is 2. The summed E-state index contributed by atoms with van der Waals surface area (Å²) < 4.78 is 40.6. The monoisotopic (exact) mass is 473 g/mol. The molecule has 9 nitrogen and oxygen atoms in total. The number of benzene rings is 2. The summed E-state index contributed by atoms with van der Waals surface area (Å²) in [5.41, 5.74) is 1.66. The Hall–Kier alpha value is -3.27. The number of oxazole rings is 1. The molecular formula is C23H27N3O6S. The number of carbonyl (C=O) groups excluding carboxylic acids is 1. The lowest BCUT2D eigenvalue weighted by molar-refractivity contribution is 0.0517. The number of ether oxygens (including phenoxy) is 2. The molecule has 1 aliphatic heterocycles. The number of likely N-dealkylation sites (tertiary alicyclic amines) is 1. The molecule has 0 atom stereocenters. The Balaban J connectivity index is 1.38. The molecule has 1 amide bonds. The first-order valence-electron chi connectivity index (χ1n) is 10.8. The Morgan fingerprint density at radius 3 is 2.64 bits per heavy atom. The number of fused-ring (bicyclic) bond motifs is 1. The Labute approximate surface area is 192 Å². The van der Waals surface area contributed by atoms with Crippen LogP contribution in [0.25, 0.3) is 11.1 Å². The van der Waals surface area contributed by atoms with Gasteiger partial charge in [0.05, 0.1) is 11.0 Å². The SMILES string of the molecule is CC(C)OC(=O)N1CCC(Oc2cccc(Nc3nc4cc(S(C)(=O)=O)ccc4o3)c2)CC1. The van der Waals surface area contributed by atoms with Gasteiger partial charge in [-0.25, -0.2) is 13.2 Å². The lowest BCUT2D eigenvalue weighted by Crippen LogP contribution is -2.42. The second kappa shape index (κ2) is 9.30. The quantitative estimate of drug-likeness (QED) is 0.562. The van der Waals surface area contributed by atoms with E-state index in [-0.39, 0.29) is 29.2 Å². The van der Waals surface area contributed by atoms with Gasteiger partial charge in [-0.15, -0.1) is 0 Å². The van der Waals surface area contributed by atoms with Crippen LogP contribution in [0.5, 0.6) is 5.75 Å². The van der Waals surface area contributed by atoms with Gasteiger partial charge in [0.2, 0.25) is 0 Å². The molecule has 1 fully saturated rings. The summed E-state index contributed by atoms with van der Waals surface area (Å²) in [6.45, 7) is 4.85. The first-order chi connectivity index (χ1) is 15.7. The molecule has 1 aromatic heterocycles. The van der Waals surface area contributed by atoms with Crippen LogP contribution < -0.4 is 10.1 Å². The number of hydrogen-bond donors (Lipinski definition) is 1. The Bertz CT molecular complexity index is 1250. The molecule has 2 heterocycles. The fourth-order valence-corrected chi connectivity index (χ4v) is 4.23. The van der Waals surface area contributed by atoms with Crippen molar-refractivity contribution in [2.45, 2.75) is 43.8 Å². The summed E-state index contributed by atoms with van der Waals surface area (Å²) >= 11 is 0. The molecule has 1 saturated heterocycles. The number of nitrogens with zero attached hydrogens (tertiary/aromatic N) is 2. The van der Waals surface area contributed by atoms with E-state index in [9.17, 15) is 13.2 Å². The van der Waals surface area contributed by atoms with Gasteiger partial charge in [0, 0.05) is 43.9 Å². The van der Waals surface area contributed by atoms with Gasteiger partial charge >= 0.3 is 6.09 Å². The van der Waals surface area contributed by atoms with Crippen molar-refractivity contribution < 1.29 is 27.1 Å². The molecule has 0 saturated carbocycles. The highest BCUT2D eigenvalue weighted by Crippen LogP contribution is 2.27. The third kappa shape index (κ3) is 5.75. The van der Waals surface area contributed by atoms with Gasteiger partial charge in [-0.1, -0.05) is 6.07 Å². The van der Waals surface area contributed by atoms with Crippen molar-refractivity contribution in [2.24, 2.45) is 0 Å². The molecular weight excluding hydrogens is 446 g/mol. The lowest BCUT2D eigenvalue weighted by atomic mass is 10.1. The van der Waals surface area contributed by atoms with Crippen molar-refractivity contribution in [1.29, 1.82) is 0 Å². The smallest absolute Gasteiger partial charge is 0.410 e. The van der Waals surface area contributed by atoms with E-state index in [1.807, 2.05) is 38.1 Å². The maximum atomic E-state index is 12.0. The van der Waals surface area contributed by atoms with Crippen LogP contribution in [0, 0.1) is 0 Å². The van der Waals surface area contributed by atoms with Crippen molar-refractivity contribution >= 4 is 38.7 Å². The van der Waals surface area contributed by atoms with Gasteiger partial charge in [0.15, 0.2) is 15.4 Å². The molecule has 3 aromatic rings. The van der Waals surface area contributed by atoms with E-state index in [1.54, 1.807) is 11.0 Å². The van der Waals surface area contributed by atoms with Crippen molar-refractivity contribution in [1.82, 2.24) is 9.88 Å². The fraction of sp³-hybridized carbons (Fsp3) is 0.391. The van der Waals surface area contributed by atoms with E-state index in [1.165, 1.54) is 12.1 Å². The largest absolute Gasteiger partial charge is 0.490 e. The number of nitrogens with one attached hydrogen (secondary N) is 1. The molecule has 4 rings (SSSR count). The molecule has 0 radical (unpaired) electrons. The number of hydrogen-bond acceptors (Lipinski definition) is 8. The van der Waals surface area contributed by atoms with Crippen molar-refractivity contribution in [3.05, 3.63) is 42.5 Å². The van der Waals surface area contributed by atoms with E-state index < -0.39 is 9.84 Å². The normalized spacial score (nSPS) is 15.1. The molecule has 0 spiro atoms. The molecule has 0 unspecified atom stereocenters. The number of amides is 1. The molecule has 10 heteroatoms. The minimum atomic E-state index is -3.32. The van der Waals surface area contributed by atoms with Gasteiger partial charge in [-0.3, -0.25) is 0 Å². The van der Waals surface area contributed by atoms with E-state index in [2.05, 4.69) is 10.3 Å². The number of piperidine rings is 1. The van der Waals surface area contributed by atoms with Crippen LogP contribution in [-0.4, -0.2) is 55.9 Å². The molecule has 176 valence electrons. The van der Waals surface area contributed by atoms with Gasteiger partial charge in [-0.05, 0) is 44.2 Å². The number of aromatic nitrogens is 1. The summed E-state index contributed by atoms with van der Waals surface area (Å²) in [5.74, 6) is 0.693.